The first-order valence-corrected chi connectivity index (χ1v) is 36.4. The molecule has 7 N–H and O–H groups in total. The monoisotopic (exact) mass is 1480 g/mol. The molecule has 3 atom stereocenters. The van der Waals surface area contributed by atoms with Crippen LogP contribution in [0.2, 0.25) is 5.02 Å². The van der Waals surface area contributed by atoms with Gasteiger partial charge in [0.25, 0.3) is 10.1 Å². The van der Waals surface area contributed by atoms with E-state index < -0.39 is 28.4 Å². The predicted molar refractivity (Wildman–Crippen MR) is 411 cm³/mol. The van der Waals surface area contributed by atoms with Gasteiger partial charge in [0.2, 0.25) is 0 Å². The number of thiocarbonyl (C=S) groups is 1. The van der Waals surface area contributed by atoms with Crippen LogP contribution >= 0.6 is 55.7 Å². The van der Waals surface area contributed by atoms with Gasteiger partial charge in [-0.2, -0.15) is 8.42 Å². The van der Waals surface area contributed by atoms with E-state index in [0.29, 0.717) is 50.1 Å². The lowest BCUT2D eigenvalue weighted by molar-refractivity contribution is 0.128. The van der Waals surface area contributed by atoms with E-state index in [2.05, 4.69) is 228 Å². The fourth-order valence-corrected chi connectivity index (χ4v) is 14.3. The van der Waals surface area contributed by atoms with Gasteiger partial charge < -0.3 is 49.9 Å². The number of halogens is 3. The van der Waals surface area contributed by atoms with E-state index in [4.69, 9.17) is 23.8 Å². The van der Waals surface area contributed by atoms with Crippen LogP contribution in [-0.4, -0.2) is 110 Å². The number of aromatic nitrogens is 3. The predicted octanol–water partition coefficient (Wildman–Crippen LogP) is 16.4. The Kier molecular flexibility index (Phi) is 23.8. The lowest BCUT2D eigenvalue weighted by Crippen LogP contribution is -2.42. The Balaban J connectivity index is 0.000000152. The first-order chi connectivity index (χ1) is 46.8. The summed E-state index contributed by atoms with van der Waals surface area (Å²) in [5.74, 6) is 0. The maximum atomic E-state index is 11.4. The second-order valence-electron chi connectivity index (χ2n) is 24.8. The summed E-state index contributed by atoms with van der Waals surface area (Å²) in [6.07, 6.45) is 0.999. The number of aliphatic hydroxyl groups excluding tert-OH is 3. The number of aryl methyl sites for hydroxylation is 3. The lowest BCUT2D eigenvalue weighted by atomic mass is 10.1. The maximum Gasteiger partial charge on any atom is 0.294 e. The number of anilines is 1. The summed E-state index contributed by atoms with van der Waals surface area (Å²) in [6, 6.07) is 74.4. The first-order valence-electron chi connectivity index (χ1n) is 32.6. The average Bonchev–Trinajstić information content (AvgIpc) is 1.63. The number of fused-ring (bicyclic) bond motifs is 9. The Morgan fingerprint density at radius 2 is 0.835 bits per heavy atom. The van der Waals surface area contributed by atoms with E-state index in [1.165, 1.54) is 61.6 Å². The van der Waals surface area contributed by atoms with Crippen molar-refractivity contribution in [3.63, 3.8) is 0 Å². The second kappa shape index (κ2) is 32.7. The number of benzene rings is 10. The molecule has 13 rings (SSSR count). The van der Waals surface area contributed by atoms with Crippen molar-refractivity contribution in [3.8, 4) is 0 Å². The molecular formula is C79H80Br2ClN7O6S2. The molecule has 0 aliphatic rings. The quantitative estimate of drug-likeness (QED) is 0.0185. The van der Waals surface area contributed by atoms with Gasteiger partial charge in [-0.1, -0.05) is 169 Å². The van der Waals surface area contributed by atoms with Crippen molar-refractivity contribution in [2.24, 2.45) is 0 Å². The van der Waals surface area contributed by atoms with Crippen molar-refractivity contribution in [1.29, 1.82) is 0 Å². The van der Waals surface area contributed by atoms with E-state index in [-0.39, 0.29) is 11.4 Å². The van der Waals surface area contributed by atoms with Gasteiger partial charge in [-0.3, -0.25) is 4.55 Å². The van der Waals surface area contributed by atoms with Crippen molar-refractivity contribution in [1.82, 2.24) is 29.2 Å². The highest BCUT2D eigenvalue weighted by Gasteiger charge is 2.21. The molecule has 0 amide bonds. The summed E-state index contributed by atoms with van der Waals surface area (Å²) in [7, 11) is -4.29. The molecule has 3 unspecified atom stereocenters. The van der Waals surface area contributed by atoms with E-state index in [0.717, 1.165) is 95.6 Å². The van der Waals surface area contributed by atoms with Gasteiger partial charge in [0.05, 0.1) is 42.8 Å². The molecule has 97 heavy (non-hydrogen) atoms. The molecule has 0 bridgehead atoms. The highest BCUT2D eigenvalue weighted by molar-refractivity contribution is 9.10. The molecule has 13 nitrogen and oxygen atoms in total. The number of nitrogens with zero attached hydrogens (tertiary/aromatic N) is 4. The number of hydrogen-bond acceptors (Lipinski definition) is 8. The van der Waals surface area contributed by atoms with E-state index in [1.807, 2.05) is 59.5 Å². The van der Waals surface area contributed by atoms with Crippen molar-refractivity contribution < 1.29 is 28.3 Å². The third-order valence-electron chi connectivity index (χ3n) is 17.4. The van der Waals surface area contributed by atoms with Crippen molar-refractivity contribution in [2.45, 2.75) is 82.9 Å². The highest BCUT2D eigenvalue weighted by Crippen LogP contribution is 2.35. The standard InChI is InChI=1S/C31H30BrN3O4S2.C24H25BrN2O.C24H25ClN2O/c1-21-7-13-29-27(17-21)28-18-23(32)8-14-30(28)35(29)20-25(36)19-34(16-15-22-5-3-2-4-6-22)31(40)33-24-9-11-26(12-10-24)41(37,38)39;2*1-17-7-9-23-21(13-17)22-14-19(25)8-10-24(22)27(23)16-20(28)15-26-12-11-18-5-3-2-4-6-18/h2-14,17-18,25,36H,15-16,19-20H2,1H3,(H,33,40)(H,37,38,39);2*2-10,13-14,20,26,28H,11-12,15-16H2,1H3. The molecule has 0 fully saturated rings. The summed E-state index contributed by atoms with van der Waals surface area (Å²) < 4.78 is 40.8. The minimum Gasteiger partial charge on any atom is -0.390 e. The smallest absolute Gasteiger partial charge is 0.294 e. The normalized spacial score (nSPS) is 12.6. The number of hydrogen-bond donors (Lipinski definition) is 7. The van der Waals surface area contributed by atoms with Crippen LogP contribution in [0.25, 0.3) is 65.4 Å². The summed E-state index contributed by atoms with van der Waals surface area (Å²) in [6.45, 7) is 11.5. The molecular weight excluding hydrogens is 1400 g/mol. The Bertz CT molecular complexity index is 4600. The molecule has 0 aliphatic carbocycles. The van der Waals surface area contributed by atoms with Crippen LogP contribution in [0, 0.1) is 20.8 Å². The average molecular weight is 1480 g/mol. The lowest BCUT2D eigenvalue weighted by Gasteiger charge is -2.29. The fraction of sp³-hybridized carbons (Fsp3) is 0.228. The summed E-state index contributed by atoms with van der Waals surface area (Å²) in [5.41, 5.74) is 14.6. The van der Waals surface area contributed by atoms with Crippen molar-refractivity contribution >= 4 is 142 Å². The maximum absolute atomic E-state index is 11.4. The Labute approximate surface area is 594 Å². The van der Waals surface area contributed by atoms with E-state index in [1.54, 1.807) is 12.1 Å². The number of aliphatic hydroxyl groups is 3. The number of rotatable bonds is 23. The Morgan fingerprint density at radius 3 is 1.25 bits per heavy atom. The molecule has 18 heteroatoms. The van der Waals surface area contributed by atoms with Gasteiger partial charge in [-0.05, 0) is 197 Å². The van der Waals surface area contributed by atoms with Gasteiger partial charge in [0, 0.05) is 111 Å². The van der Waals surface area contributed by atoms with Gasteiger partial charge in [-0.25, -0.2) is 0 Å². The third-order valence-corrected chi connectivity index (χ3v) is 19.8. The van der Waals surface area contributed by atoms with Crippen LogP contribution in [0.3, 0.4) is 0 Å². The van der Waals surface area contributed by atoms with Gasteiger partial charge >= 0.3 is 0 Å². The molecule has 3 heterocycles. The molecule has 13 aromatic rings. The van der Waals surface area contributed by atoms with Gasteiger partial charge in [-0.15, -0.1) is 0 Å². The minimum atomic E-state index is -4.29. The van der Waals surface area contributed by atoms with E-state index >= 15 is 0 Å². The van der Waals surface area contributed by atoms with Crippen LogP contribution < -0.4 is 16.0 Å². The molecule has 0 aliphatic heterocycles. The SMILES string of the molecule is Cc1ccc2c(c1)c1cc(Br)ccc1n2CC(O)CN(CCc1ccccc1)C(=S)Nc1ccc(S(=O)(=O)O)cc1.Cc1ccc2c(c1)c1cc(Br)ccc1n2CC(O)CNCCc1ccccc1.Cc1ccc2c(c1)c1cc(Cl)ccc1n2CC(O)CNCCc1ccccc1. The second-order valence-corrected chi connectivity index (χ2v) is 28.9. The van der Waals surface area contributed by atoms with Crippen LogP contribution in [0.1, 0.15) is 33.4 Å². The largest absolute Gasteiger partial charge is 0.390 e. The molecule has 0 radical (unpaired) electrons. The van der Waals surface area contributed by atoms with Gasteiger partial charge in [0.1, 0.15) is 0 Å². The van der Waals surface area contributed by atoms with Crippen LogP contribution in [0.15, 0.2) is 238 Å². The highest BCUT2D eigenvalue weighted by atomic mass is 79.9. The first kappa shape index (κ1) is 70.6. The Hall–Kier alpha value is -7.75. The molecule has 0 saturated carbocycles. The number of nitrogens with one attached hydrogen (secondary N) is 3. The summed E-state index contributed by atoms with van der Waals surface area (Å²) in [5, 5.41) is 50.8. The zero-order valence-corrected chi connectivity index (χ0v) is 60.0. The van der Waals surface area contributed by atoms with Crippen molar-refractivity contribution in [2.75, 3.05) is 44.6 Å². The van der Waals surface area contributed by atoms with Crippen molar-refractivity contribution in [3.05, 3.63) is 272 Å². The van der Waals surface area contributed by atoms with Gasteiger partial charge in [0.15, 0.2) is 5.11 Å². The van der Waals surface area contributed by atoms with E-state index in [9.17, 15) is 28.3 Å². The summed E-state index contributed by atoms with van der Waals surface area (Å²) in [4.78, 5) is 1.73. The molecule has 0 spiro atoms. The topological polar surface area (TPSA) is 169 Å². The molecule has 3 aromatic heterocycles. The third kappa shape index (κ3) is 18.3. The molecule has 0 saturated heterocycles. The zero-order chi connectivity index (χ0) is 68.2. The van der Waals surface area contributed by atoms with Crippen LogP contribution in [0.5, 0.6) is 0 Å². The minimum absolute atomic E-state index is 0.196. The fourth-order valence-electron chi connectivity index (χ4n) is 12.6. The Morgan fingerprint density at radius 1 is 0.474 bits per heavy atom. The summed E-state index contributed by atoms with van der Waals surface area (Å²) >= 11 is 19.2. The molecule has 500 valence electrons. The molecule has 10 aromatic carbocycles. The zero-order valence-electron chi connectivity index (χ0n) is 54.4. The van der Waals surface area contributed by atoms with Crippen LogP contribution in [-0.2, 0) is 49.0 Å². The van der Waals surface area contributed by atoms with Crippen LogP contribution in [0.4, 0.5) is 5.69 Å².